The van der Waals surface area contributed by atoms with Gasteiger partial charge in [-0.25, -0.2) is 4.98 Å². The van der Waals surface area contributed by atoms with Gasteiger partial charge in [0, 0.05) is 28.1 Å². The maximum atomic E-state index is 6.05. The lowest BCUT2D eigenvalue weighted by Gasteiger charge is -2.19. The third kappa shape index (κ3) is 3.19. The quantitative estimate of drug-likeness (QED) is 0.332. The van der Waals surface area contributed by atoms with Gasteiger partial charge in [-0.05, 0) is 53.4 Å². The first-order valence-electron chi connectivity index (χ1n) is 9.85. The van der Waals surface area contributed by atoms with Crippen LogP contribution in [0.2, 0.25) is 0 Å². The van der Waals surface area contributed by atoms with E-state index < -0.39 is 0 Å². The minimum absolute atomic E-state index is 0.0852. The number of pyridine rings is 2. The standard InChI is InChI=1S/C26H22N2O/c1-26(2,3)19-13-14-27-23(16-19)18-9-12-24-21(15-18)20-10-11-22(28-25(20)29-24)17-7-5-4-6-8-17/h4-16H,1-3H3. The first-order chi connectivity index (χ1) is 14.0. The molecule has 3 heteroatoms. The highest BCUT2D eigenvalue weighted by Crippen LogP contribution is 2.33. The van der Waals surface area contributed by atoms with Gasteiger partial charge in [-0.3, -0.25) is 4.98 Å². The number of hydrogen-bond donors (Lipinski definition) is 0. The molecule has 5 rings (SSSR count). The average Bonchev–Trinajstić information content (AvgIpc) is 3.11. The van der Waals surface area contributed by atoms with E-state index in [0.717, 1.165) is 38.9 Å². The average molecular weight is 378 g/mol. The van der Waals surface area contributed by atoms with Gasteiger partial charge in [0.1, 0.15) is 5.58 Å². The molecule has 0 aliphatic carbocycles. The van der Waals surface area contributed by atoms with Gasteiger partial charge >= 0.3 is 0 Å². The topological polar surface area (TPSA) is 38.9 Å². The van der Waals surface area contributed by atoms with E-state index in [-0.39, 0.29) is 5.41 Å². The van der Waals surface area contributed by atoms with Gasteiger partial charge in [0.05, 0.1) is 11.4 Å². The molecule has 3 heterocycles. The number of fused-ring (bicyclic) bond motifs is 3. The zero-order valence-corrected chi connectivity index (χ0v) is 16.8. The van der Waals surface area contributed by atoms with Gasteiger partial charge in [0.15, 0.2) is 0 Å². The van der Waals surface area contributed by atoms with Crippen LogP contribution in [0.4, 0.5) is 0 Å². The number of nitrogens with zero attached hydrogens (tertiary/aromatic N) is 2. The molecule has 3 aromatic heterocycles. The van der Waals surface area contributed by atoms with E-state index in [9.17, 15) is 0 Å². The molecule has 0 bridgehead atoms. The molecular weight excluding hydrogens is 356 g/mol. The summed E-state index contributed by atoms with van der Waals surface area (Å²) in [5.41, 5.74) is 6.91. The number of benzene rings is 2. The van der Waals surface area contributed by atoms with Gasteiger partial charge in [-0.15, -0.1) is 0 Å². The zero-order valence-electron chi connectivity index (χ0n) is 16.8. The van der Waals surface area contributed by atoms with E-state index in [0.29, 0.717) is 5.71 Å². The fourth-order valence-electron chi connectivity index (χ4n) is 3.64. The maximum Gasteiger partial charge on any atom is 0.227 e. The van der Waals surface area contributed by atoms with Crippen molar-refractivity contribution < 1.29 is 4.42 Å². The number of hydrogen-bond acceptors (Lipinski definition) is 3. The van der Waals surface area contributed by atoms with Crippen LogP contribution in [0.15, 0.2) is 83.4 Å². The Morgan fingerprint density at radius 3 is 2.34 bits per heavy atom. The Kier molecular flexibility index (Phi) is 3.99. The van der Waals surface area contributed by atoms with Gasteiger partial charge < -0.3 is 4.42 Å². The molecule has 3 nitrogen and oxygen atoms in total. The summed E-state index contributed by atoms with van der Waals surface area (Å²) in [6.07, 6.45) is 1.89. The van der Waals surface area contributed by atoms with Crippen molar-refractivity contribution in [2.75, 3.05) is 0 Å². The molecule has 0 unspecified atom stereocenters. The highest BCUT2D eigenvalue weighted by molar-refractivity contribution is 6.05. The summed E-state index contributed by atoms with van der Waals surface area (Å²) in [6.45, 7) is 6.65. The van der Waals surface area contributed by atoms with E-state index >= 15 is 0 Å². The molecule has 0 N–H and O–H groups in total. The Balaban J connectivity index is 1.63. The number of aromatic nitrogens is 2. The van der Waals surface area contributed by atoms with Crippen molar-refractivity contribution in [2.45, 2.75) is 26.2 Å². The molecule has 2 aromatic carbocycles. The molecule has 0 aliphatic rings. The normalized spacial score (nSPS) is 12.0. The van der Waals surface area contributed by atoms with Crippen LogP contribution in [0.5, 0.6) is 0 Å². The fourth-order valence-corrected chi connectivity index (χ4v) is 3.64. The summed E-state index contributed by atoms with van der Waals surface area (Å²) >= 11 is 0. The van der Waals surface area contributed by atoms with Crippen molar-refractivity contribution in [3.05, 3.63) is 84.6 Å². The Hall–Kier alpha value is -3.46. The van der Waals surface area contributed by atoms with E-state index in [1.54, 1.807) is 0 Å². The number of rotatable bonds is 2. The molecule has 142 valence electrons. The Bertz CT molecular complexity index is 1330. The largest absolute Gasteiger partial charge is 0.438 e. The van der Waals surface area contributed by atoms with Crippen molar-refractivity contribution in [1.82, 2.24) is 9.97 Å². The molecule has 0 amide bonds. The fraction of sp³-hybridized carbons (Fsp3) is 0.154. The van der Waals surface area contributed by atoms with Crippen LogP contribution in [0.1, 0.15) is 26.3 Å². The summed E-state index contributed by atoms with van der Waals surface area (Å²) in [7, 11) is 0. The summed E-state index contributed by atoms with van der Waals surface area (Å²) in [6, 6.07) is 24.8. The molecule has 0 aliphatic heterocycles. The summed E-state index contributed by atoms with van der Waals surface area (Å²) in [5.74, 6) is 0. The van der Waals surface area contributed by atoms with E-state index in [4.69, 9.17) is 9.40 Å². The second-order valence-electron chi connectivity index (χ2n) is 8.41. The van der Waals surface area contributed by atoms with Gasteiger partial charge in [0.2, 0.25) is 5.71 Å². The predicted octanol–water partition coefficient (Wildman–Crippen LogP) is 7.01. The van der Waals surface area contributed by atoms with Crippen LogP contribution in [0, 0.1) is 0 Å². The van der Waals surface area contributed by atoms with Crippen LogP contribution in [0.25, 0.3) is 44.6 Å². The zero-order chi connectivity index (χ0) is 20.0. The lowest BCUT2D eigenvalue weighted by molar-refractivity contribution is 0.589. The van der Waals surface area contributed by atoms with Crippen molar-refractivity contribution in [1.29, 1.82) is 0 Å². The highest BCUT2D eigenvalue weighted by Gasteiger charge is 2.16. The monoisotopic (exact) mass is 378 g/mol. The van der Waals surface area contributed by atoms with E-state index in [1.165, 1.54) is 5.56 Å². The second-order valence-corrected chi connectivity index (χ2v) is 8.41. The van der Waals surface area contributed by atoms with E-state index in [1.807, 2.05) is 30.5 Å². The summed E-state index contributed by atoms with van der Waals surface area (Å²) in [4.78, 5) is 9.35. The third-order valence-electron chi connectivity index (χ3n) is 5.33. The second kappa shape index (κ2) is 6.56. The van der Waals surface area contributed by atoms with Crippen molar-refractivity contribution in [2.24, 2.45) is 0 Å². The van der Waals surface area contributed by atoms with Gasteiger partial charge in [0.25, 0.3) is 0 Å². The smallest absolute Gasteiger partial charge is 0.227 e. The summed E-state index contributed by atoms with van der Waals surface area (Å²) in [5, 5.41) is 2.08. The van der Waals surface area contributed by atoms with Gasteiger partial charge in [-0.1, -0.05) is 51.1 Å². The molecule has 29 heavy (non-hydrogen) atoms. The van der Waals surface area contributed by atoms with Crippen LogP contribution in [-0.4, -0.2) is 9.97 Å². The molecule has 0 fully saturated rings. The first-order valence-corrected chi connectivity index (χ1v) is 9.85. The van der Waals surface area contributed by atoms with E-state index in [2.05, 4.69) is 74.3 Å². The van der Waals surface area contributed by atoms with Crippen molar-refractivity contribution in [3.63, 3.8) is 0 Å². The highest BCUT2D eigenvalue weighted by atomic mass is 16.3. The maximum absolute atomic E-state index is 6.05. The minimum atomic E-state index is 0.0852. The minimum Gasteiger partial charge on any atom is -0.438 e. The lowest BCUT2D eigenvalue weighted by Crippen LogP contribution is -2.11. The van der Waals surface area contributed by atoms with Crippen LogP contribution in [-0.2, 0) is 5.41 Å². The molecule has 0 atom stereocenters. The lowest BCUT2D eigenvalue weighted by atomic mass is 9.87. The van der Waals surface area contributed by atoms with Crippen LogP contribution < -0.4 is 0 Å². The first kappa shape index (κ1) is 17.6. The summed E-state index contributed by atoms with van der Waals surface area (Å²) < 4.78 is 6.05. The predicted molar refractivity (Wildman–Crippen MR) is 119 cm³/mol. The Labute approximate surface area is 170 Å². The SMILES string of the molecule is CC(C)(C)c1ccnc(-c2ccc3oc4nc(-c5ccccc5)ccc4c3c2)c1. The molecule has 0 spiro atoms. The number of furan rings is 1. The van der Waals surface area contributed by atoms with Crippen molar-refractivity contribution >= 4 is 22.1 Å². The third-order valence-corrected chi connectivity index (χ3v) is 5.33. The Morgan fingerprint density at radius 2 is 1.55 bits per heavy atom. The molecule has 5 aromatic rings. The van der Waals surface area contributed by atoms with Gasteiger partial charge in [-0.2, -0.15) is 0 Å². The molecular formula is C26H22N2O. The van der Waals surface area contributed by atoms with Crippen molar-refractivity contribution in [3.8, 4) is 22.5 Å². The molecule has 0 saturated heterocycles. The van der Waals surface area contributed by atoms with Crippen LogP contribution in [0.3, 0.4) is 0 Å². The molecule has 0 radical (unpaired) electrons. The molecule has 0 saturated carbocycles. The Morgan fingerprint density at radius 1 is 0.724 bits per heavy atom. The van der Waals surface area contributed by atoms with Crippen LogP contribution >= 0.6 is 0 Å².